The van der Waals surface area contributed by atoms with E-state index in [1.165, 1.54) is 32.9 Å². The summed E-state index contributed by atoms with van der Waals surface area (Å²) in [6.07, 6.45) is 6.91. The Bertz CT molecular complexity index is 334. The second kappa shape index (κ2) is 4.82. The molecule has 3 unspecified atom stereocenters. The summed E-state index contributed by atoms with van der Waals surface area (Å²) in [5, 5.41) is 3.63. The summed E-state index contributed by atoms with van der Waals surface area (Å²) in [4.78, 5) is 14.9. The molecule has 0 bridgehead atoms. The molecule has 0 aliphatic carbocycles. The fourth-order valence-corrected chi connectivity index (χ4v) is 4.35. The molecule has 3 heterocycles. The lowest BCUT2D eigenvalue weighted by molar-refractivity contribution is -0.164. The van der Waals surface area contributed by atoms with Gasteiger partial charge in [-0.15, -0.1) is 0 Å². The molecule has 0 aromatic heterocycles. The molecule has 0 saturated carbocycles. The predicted molar refractivity (Wildman–Crippen MR) is 69.3 cm³/mol. The average Bonchev–Trinajstić information content (AvgIpc) is 2.46. The summed E-state index contributed by atoms with van der Waals surface area (Å²) < 4.78 is 5.13. The topological polar surface area (TPSA) is 41.6 Å². The largest absolute Gasteiger partial charge is 0.469 e. The zero-order valence-corrected chi connectivity index (χ0v) is 11.3. The minimum absolute atomic E-state index is 0.0184. The number of hydrogen-bond acceptors (Lipinski definition) is 4. The fourth-order valence-electron chi connectivity index (χ4n) is 4.35. The molecule has 0 amide bonds. The number of methoxy groups -OCH3 is 1. The number of nitrogens with zero attached hydrogens (tertiary/aromatic N) is 1. The van der Waals surface area contributed by atoms with Crippen LogP contribution in [0.5, 0.6) is 0 Å². The number of fused-ring (bicyclic) bond motifs is 3. The summed E-state index contributed by atoms with van der Waals surface area (Å²) in [6, 6.07) is 0.861. The van der Waals surface area contributed by atoms with Crippen molar-refractivity contribution >= 4 is 5.97 Å². The van der Waals surface area contributed by atoms with Crippen LogP contribution >= 0.6 is 0 Å². The van der Waals surface area contributed by atoms with Gasteiger partial charge in [0.2, 0.25) is 0 Å². The molecule has 3 fully saturated rings. The highest BCUT2D eigenvalue weighted by Gasteiger charge is 2.54. The third kappa shape index (κ3) is 1.77. The molecule has 3 aliphatic heterocycles. The van der Waals surface area contributed by atoms with Crippen LogP contribution in [0.25, 0.3) is 0 Å². The van der Waals surface area contributed by atoms with Gasteiger partial charge in [-0.05, 0) is 51.7 Å². The number of piperidine rings is 3. The van der Waals surface area contributed by atoms with Crippen molar-refractivity contribution in [2.24, 2.45) is 5.41 Å². The van der Waals surface area contributed by atoms with Crippen LogP contribution in [0.2, 0.25) is 0 Å². The van der Waals surface area contributed by atoms with E-state index < -0.39 is 0 Å². The molecule has 18 heavy (non-hydrogen) atoms. The Labute approximate surface area is 109 Å². The molecule has 0 spiro atoms. The molecule has 3 aliphatic rings. The molecule has 4 nitrogen and oxygen atoms in total. The molecule has 0 aromatic carbocycles. The van der Waals surface area contributed by atoms with E-state index in [1.54, 1.807) is 0 Å². The van der Waals surface area contributed by atoms with Crippen LogP contribution in [0.3, 0.4) is 0 Å². The Kier molecular flexibility index (Phi) is 3.32. The number of rotatable bonds is 1. The predicted octanol–water partition coefficient (Wildman–Crippen LogP) is 1.16. The molecule has 3 atom stereocenters. The van der Waals surface area contributed by atoms with Crippen LogP contribution in [0, 0.1) is 5.41 Å². The van der Waals surface area contributed by atoms with E-state index in [-0.39, 0.29) is 11.4 Å². The lowest BCUT2D eigenvalue weighted by atomic mass is 9.65. The van der Waals surface area contributed by atoms with Gasteiger partial charge in [-0.25, -0.2) is 0 Å². The van der Waals surface area contributed by atoms with E-state index in [1.807, 2.05) is 0 Å². The van der Waals surface area contributed by atoms with Crippen LogP contribution in [0.4, 0.5) is 0 Å². The quantitative estimate of drug-likeness (QED) is 0.711. The van der Waals surface area contributed by atoms with Gasteiger partial charge in [0.25, 0.3) is 0 Å². The van der Waals surface area contributed by atoms with Crippen molar-refractivity contribution in [3.63, 3.8) is 0 Å². The van der Waals surface area contributed by atoms with Gasteiger partial charge in [0, 0.05) is 12.1 Å². The molecule has 0 radical (unpaired) electrons. The molecular weight excluding hydrogens is 228 g/mol. The number of carbonyl (C=O) groups is 1. The van der Waals surface area contributed by atoms with Gasteiger partial charge < -0.3 is 10.1 Å². The number of hydrogen-bond donors (Lipinski definition) is 1. The monoisotopic (exact) mass is 252 g/mol. The SMILES string of the molecule is COC(=O)C12CCCNC1C1CCCCN1CC2. The van der Waals surface area contributed by atoms with E-state index in [0.29, 0.717) is 12.1 Å². The number of nitrogens with one attached hydrogen (secondary N) is 1. The summed E-state index contributed by atoms with van der Waals surface area (Å²) in [7, 11) is 1.54. The molecule has 0 aromatic rings. The minimum atomic E-state index is -0.245. The van der Waals surface area contributed by atoms with Gasteiger partial charge in [-0.2, -0.15) is 0 Å². The first-order chi connectivity index (χ1) is 8.78. The van der Waals surface area contributed by atoms with Gasteiger partial charge in [-0.3, -0.25) is 9.69 Å². The molecule has 102 valence electrons. The Morgan fingerprint density at radius 3 is 3.00 bits per heavy atom. The Hall–Kier alpha value is -0.610. The van der Waals surface area contributed by atoms with Crippen molar-refractivity contribution in [1.29, 1.82) is 0 Å². The maximum Gasteiger partial charge on any atom is 0.313 e. The first-order valence-electron chi connectivity index (χ1n) is 7.34. The van der Waals surface area contributed by atoms with Gasteiger partial charge >= 0.3 is 5.97 Å². The standard InChI is InChI=1S/C14H24N2O2/c1-18-13(17)14-6-4-8-15-12(14)11-5-2-3-9-16(11)10-7-14/h11-12,15H,2-10H2,1H3. The lowest BCUT2D eigenvalue weighted by Crippen LogP contribution is -2.68. The van der Waals surface area contributed by atoms with E-state index in [9.17, 15) is 4.79 Å². The normalized spacial score (nSPS) is 40.7. The highest BCUT2D eigenvalue weighted by molar-refractivity contribution is 5.78. The van der Waals surface area contributed by atoms with Crippen molar-refractivity contribution in [2.75, 3.05) is 26.7 Å². The van der Waals surface area contributed by atoms with Crippen LogP contribution in [-0.2, 0) is 9.53 Å². The number of esters is 1. The first-order valence-corrected chi connectivity index (χ1v) is 7.34. The highest BCUT2D eigenvalue weighted by atomic mass is 16.5. The maximum atomic E-state index is 12.3. The van der Waals surface area contributed by atoms with Crippen LogP contribution in [-0.4, -0.2) is 49.7 Å². The van der Waals surface area contributed by atoms with E-state index >= 15 is 0 Å². The fraction of sp³-hybridized carbons (Fsp3) is 0.929. The van der Waals surface area contributed by atoms with Gasteiger partial charge in [0.15, 0.2) is 0 Å². The molecule has 4 heteroatoms. The van der Waals surface area contributed by atoms with Gasteiger partial charge in [-0.1, -0.05) is 6.42 Å². The zero-order valence-electron chi connectivity index (χ0n) is 11.3. The van der Waals surface area contributed by atoms with Crippen molar-refractivity contribution in [1.82, 2.24) is 10.2 Å². The van der Waals surface area contributed by atoms with E-state index in [0.717, 1.165) is 32.4 Å². The van der Waals surface area contributed by atoms with Gasteiger partial charge in [0.05, 0.1) is 12.5 Å². The molecular formula is C14H24N2O2. The second-order valence-electron chi connectivity index (χ2n) is 6.03. The third-order valence-electron chi connectivity index (χ3n) is 5.25. The van der Waals surface area contributed by atoms with Crippen LogP contribution in [0.1, 0.15) is 38.5 Å². The van der Waals surface area contributed by atoms with E-state index in [2.05, 4.69) is 10.2 Å². The van der Waals surface area contributed by atoms with E-state index in [4.69, 9.17) is 4.74 Å². The van der Waals surface area contributed by atoms with Crippen molar-refractivity contribution < 1.29 is 9.53 Å². The summed E-state index contributed by atoms with van der Waals surface area (Å²) in [5.41, 5.74) is -0.245. The number of carbonyl (C=O) groups excluding carboxylic acids is 1. The third-order valence-corrected chi connectivity index (χ3v) is 5.25. The summed E-state index contributed by atoms with van der Waals surface area (Å²) in [6.45, 7) is 3.33. The lowest BCUT2D eigenvalue weighted by Gasteiger charge is -2.55. The van der Waals surface area contributed by atoms with Crippen LogP contribution in [0.15, 0.2) is 0 Å². The van der Waals surface area contributed by atoms with Crippen molar-refractivity contribution in [3.8, 4) is 0 Å². The average molecular weight is 252 g/mol. The van der Waals surface area contributed by atoms with Crippen molar-refractivity contribution in [2.45, 2.75) is 50.6 Å². The van der Waals surface area contributed by atoms with Gasteiger partial charge in [0.1, 0.15) is 0 Å². The zero-order chi connectivity index (χ0) is 12.6. The molecule has 1 N–H and O–H groups in total. The van der Waals surface area contributed by atoms with Crippen molar-refractivity contribution in [3.05, 3.63) is 0 Å². The second-order valence-corrected chi connectivity index (χ2v) is 6.03. The molecule has 3 saturated heterocycles. The number of ether oxygens (including phenoxy) is 1. The summed E-state index contributed by atoms with van der Waals surface area (Å²) in [5.74, 6) is 0.0184. The Balaban J connectivity index is 1.88. The minimum Gasteiger partial charge on any atom is -0.469 e. The highest BCUT2D eigenvalue weighted by Crippen LogP contribution is 2.44. The Morgan fingerprint density at radius 1 is 1.28 bits per heavy atom. The summed E-state index contributed by atoms with van der Waals surface area (Å²) >= 11 is 0. The Morgan fingerprint density at radius 2 is 2.17 bits per heavy atom. The maximum absolute atomic E-state index is 12.3. The smallest absolute Gasteiger partial charge is 0.313 e. The first kappa shape index (κ1) is 12.4. The molecule has 3 rings (SSSR count). The van der Waals surface area contributed by atoms with Crippen LogP contribution < -0.4 is 5.32 Å².